The van der Waals surface area contributed by atoms with Gasteiger partial charge in [-0.2, -0.15) is 5.26 Å². The average Bonchev–Trinajstić information content (AvgIpc) is 3.38. The van der Waals surface area contributed by atoms with Gasteiger partial charge in [0.15, 0.2) is 10.9 Å². The number of furan rings is 1. The molecule has 1 amide bonds. The molecule has 2 aromatic heterocycles. The third-order valence-corrected chi connectivity index (χ3v) is 6.62. The van der Waals surface area contributed by atoms with Gasteiger partial charge in [-0.25, -0.2) is 0 Å². The highest BCUT2D eigenvalue weighted by Gasteiger charge is 2.24. The van der Waals surface area contributed by atoms with Crippen LogP contribution in [0.2, 0.25) is 0 Å². The second-order valence-electron chi connectivity index (χ2n) is 7.55. The first-order valence-electron chi connectivity index (χ1n) is 9.87. The molecular weight excluding hydrogens is 448 g/mol. The Morgan fingerprint density at radius 2 is 2.19 bits per heavy atom. The lowest BCUT2D eigenvalue weighted by Gasteiger charge is -2.17. The minimum absolute atomic E-state index is 0.00969. The normalized spacial score (nSPS) is 14.8. The number of thiocarbonyl (C=S) groups is 1. The standard InChI is InChI=1S/C22H18N4O4S2/c1-12-5-6-15-16(11-23)21(32-19(15)9-12)25-22(31)24-20(27)18-8-7-17(30-18)13-3-2-4-14(10-13)26(28)29/h2-4,7-8,10,12H,5-6,9H2,1H3,(H2,24,25,27,31). The highest BCUT2D eigenvalue weighted by Crippen LogP contribution is 2.39. The number of nitriles is 1. The Balaban J connectivity index is 1.45. The number of hydrogen-bond acceptors (Lipinski definition) is 7. The Labute approximate surface area is 193 Å². The first-order chi connectivity index (χ1) is 15.4. The van der Waals surface area contributed by atoms with Gasteiger partial charge in [-0.1, -0.05) is 19.1 Å². The number of nitro groups is 1. The van der Waals surface area contributed by atoms with E-state index in [0.717, 1.165) is 24.8 Å². The van der Waals surface area contributed by atoms with Gasteiger partial charge < -0.3 is 9.73 Å². The first kappa shape index (κ1) is 21.7. The fourth-order valence-corrected chi connectivity index (χ4v) is 5.27. The second-order valence-corrected chi connectivity index (χ2v) is 9.06. The molecule has 1 aromatic carbocycles. The largest absolute Gasteiger partial charge is 0.451 e. The van der Waals surface area contributed by atoms with E-state index in [1.165, 1.54) is 34.4 Å². The molecule has 0 saturated heterocycles. The summed E-state index contributed by atoms with van der Waals surface area (Å²) in [7, 11) is 0. The molecule has 0 saturated carbocycles. The summed E-state index contributed by atoms with van der Waals surface area (Å²) >= 11 is 6.76. The maximum absolute atomic E-state index is 12.6. The molecule has 0 bridgehead atoms. The maximum Gasteiger partial charge on any atom is 0.293 e. The van der Waals surface area contributed by atoms with Crippen molar-refractivity contribution >= 4 is 45.3 Å². The number of nitrogens with one attached hydrogen (secondary N) is 2. The van der Waals surface area contributed by atoms with E-state index in [-0.39, 0.29) is 16.6 Å². The number of fused-ring (bicyclic) bond motifs is 1. The third kappa shape index (κ3) is 4.39. The zero-order valence-corrected chi connectivity index (χ0v) is 18.6. The molecule has 1 aliphatic rings. The summed E-state index contributed by atoms with van der Waals surface area (Å²) in [6.45, 7) is 2.19. The van der Waals surface area contributed by atoms with E-state index in [1.807, 2.05) is 0 Å². The molecule has 2 heterocycles. The molecule has 0 aliphatic heterocycles. The predicted molar refractivity (Wildman–Crippen MR) is 125 cm³/mol. The molecule has 162 valence electrons. The van der Waals surface area contributed by atoms with Gasteiger partial charge in [0.05, 0.1) is 10.5 Å². The number of benzene rings is 1. The fourth-order valence-electron chi connectivity index (χ4n) is 3.64. The van der Waals surface area contributed by atoms with Crippen molar-refractivity contribution in [3.63, 3.8) is 0 Å². The van der Waals surface area contributed by atoms with Crippen LogP contribution in [0.1, 0.15) is 39.9 Å². The Hall–Kier alpha value is -3.55. The predicted octanol–water partition coefficient (Wildman–Crippen LogP) is 5.04. The van der Waals surface area contributed by atoms with Crippen molar-refractivity contribution in [2.75, 3.05) is 5.32 Å². The van der Waals surface area contributed by atoms with Gasteiger partial charge in [0, 0.05) is 22.6 Å². The molecule has 1 unspecified atom stereocenters. The van der Waals surface area contributed by atoms with Crippen LogP contribution < -0.4 is 10.6 Å². The minimum atomic E-state index is -0.562. The molecule has 8 nitrogen and oxygen atoms in total. The van der Waals surface area contributed by atoms with Crippen molar-refractivity contribution in [2.24, 2.45) is 5.92 Å². The van der Waals surface area contributed by atoms with Gasteiger partial charge in [0.2, 0.25) is 0 Å². The number of thiophene rings is 1. The average molecular weight is 467 g/mol. The van der Waals surface area contributed by atoms with Crippen LogP contribution >= 0.6 is 23.6 Å². The van der Waals surface area contributed by atoms with Crippen molar-refractivity contribution in [3.8, 4) is 17.4 Å². The third-order valence-electron chi connectivity index (χ3n) is 5.25. The summed E-state index contributed by atoms with van der Waals surface area (Å²) in [4.78, 5) is 24.2. The Bertz CT molecular complexity index is 1270. The fraction of sp³-hybridized carbons (Fsp3) is 0.227. The Morgan fingerprint density at radius 1 is 1.38 bits per heavy atom. The highest BCUT2D eigenvalue weighted by molar-refractivity contribution is 7.80. The SMILES string of the molecule is CC1CCc2c(sc(NC(=S)NC(=O)c3ccc(-c4cccc([N+](=O)[O-])c4)o3)c2C#N)C1. The van der Waals surface area contributed by atoms with Crippen LogP contribution in [0.15, 0.2) is 40.8 Å². The van der Waals surface area contributed by atoms with Crippen LogP contribution in [0.4, 0.5) is 10.7 Å². The van der Waals surface area contributed by atoms with Crippen LogP contribution in [-0.2, 0) is 12.8 Å². The summed E-state index contributed by atoms with van der Waals surface area (Å²) in [5.41, 5.74) is 2.06. The number of carbonyl (C=O) groups is 1. The van der Waals surface area contributed by atoms with E-state index in [0.29, 0.717) is 27.8 Å². The number of carbonyl (C=O) groups excluding carboxylic acids is 1. The molecule has 4 rings (SSSR count). The molecule has 1 atom stereocenters. The molecule has 2 N–H and O–H groups in total. The smallest absolute Gasteiger partial charge is 0.293 e. The van der Waals surface area contributed by atoms with E-state index < -0.39 is 10.8 Å². The zero-order chi connectivity index (χ0) is 22.8. The number of hydrogen-bond donors (Lipinski definition) is 2. The molecule has 0 spiro atoms. The molecule has 10 heteroatoms. The van der Waals surface area contributed by atoms with Gasteiger partial charge in [-0.3, -0.25) is 20.2 Å². The van der Waals surface area contributed by atoms with Gasteiger partial charge in [-0.15, -0.1) is 11.3 Å². The van der Waals surface area contributed by atoms with E-state index in [1.54, 1.807) is 18.2 Å². The topological polar surface area (TPSA) is 121 Å². The zero-order valence-electron chi connectivity index (χ0n) is 17.0. The summed E-state index contributed by atoms with van der Waals surface area (Å²) in [6, 6.07) is 11.2. The number of non-ortho nitro benzene ring substituents is 1. The van der Waals surface area contributed by atoms with Crippen molar-refractivity contribution < 1.29 is 14.1 Å². The lowest BCUT2D eigenvalue weighted by atomic mass is 9.89. The number of nitro benzene ring substituents is 1. The number of amides is 1. The molecule has 0 fully saturated rings. The summed E-state index contributed by atoms with van der Waals surface area (Å²) in [5.74, 6) is 0.346. The Morgan fingerprint density at radius 3 is 2.94 bits per heavy atom. The lowest BCUT2D eigenvalue weighted by molar-refractivity contribution is -0.384. The van der Waals surface area contributed by atoms with Gasteiger partial charge in [-0.05, 0) is 55.1 Å². The first-order valence-corrected chi connectivity index (χ1v) is 11.1. The van der Waals surface area contributed by atoms with Crippen molar-refractivity contribution in [1.82, 2.24) is 5.32 Å². The molecule has 1 aliphatic carbocycles. The summed E-state index contributed by atoms with van der Waals surface area (Å²) in [5, 5.41) is 26.8. The number of nitrogens with zero attached hydrogens (tertiary/aromatic N) is 2. The van der Waals surface area contributed by atoms with Crippen LogP contribution in [0, 0.1) is 27.4 Å². The van der Waals surface area contributed by atoms with Gasteiger partial charge in [0.25, 0.3) is 11.6 Å². The quantitative estimate of drug-likeness (QED) is 0.314. The van der Waals surface area contributed by atoms with Crippen molar-refractivity contribution in [3.05, 3.63) is 68.3 Å². The Kier molecular flexibility index (Phi) is 6.03. The molecule has 0 radical (unpaired) electrons. The summed E-state index contributed by atoms with van der Waals surface area (Å²) < 4.78 is 5.57. The lowest BCUT2D eigenvalue weighted by Crippen LogP contribution is -2.33. The van der Waals surface area contributed by atoms with Crippen molar-refractivity contribution in [2.45, 2.75) is 26.2 Å². The number of anilines is 1. The molecule has 32 heavy (non-hydrogen) atoms. The van der Waals surface area contributed by atoms with E-state index >= 15 is 0 Å². The second kappa shape index (κ2) is 8.90. The van der Waals surface area contributed by atoms with Crippen LogP contribution in [0.5, 0.6) is 0 Å². The maximum atomic E-state index is 12.6. The van der Waals surface area contributed by atoms with Gasteiger partial charge >= 0.3 is 0 Å². The molecular formula is C22H18N4O4S2. The summed E-state index contributed by atoms with van der Waals surface area (Å²) in [6.07, 6.45) is 2.84. The van der Waals surface area contributed by atoms with Crippen LogP contribution in [0.3, 0.4) is 0 Å². The highest BCUT2D eigenvalue weighted by atomic mass is 32.1. The van der Waals surface area contributed by atoms with E-state index in [2.05, 4.69) is 23.6 Å². The van der Waals surface area contributed by atoms with Gasteiger partial charge in [0.1, 0.15) is 16.8 Å². The van der Waals surface area contributed by atoms with Crippen LogP contribution in [0.25, 0.3) is 11.3 Å². The number of rotatable bonds is 4. The minimum Gasteiger partial charge on any atom is -0.451 e. The monoisotopic (exact) mass is 466 g/mol. The van der Waals surface area contributed by atoms with E-state index in [4.69, 9.17) is 16.6 Å². The molecule has 3 aromatic rings. The van der Waals surface area contributed by atoms with E-state index in [9.17, 15) is 20.2 Å². The van der Waals surface area contributed by atoms with Crippen molar-refractivity contribution in [1.29, 1.82) is 5.26 Å². The van der Waals surface area contributed by atoms with Crippen LogP contribution in [-0.4, -0.2) is 15.9 Å².